The van der Waals surface area contributed by atoms with Gasteiger partial charge in [-0.25, -0.2) is 4.39 Å². The quantitative estimate of drug-likeness (QED) is 0.826. The van der Waals surface area contributed by atoms with Gasteiger partial charge in [-0.05, 0) is 29.7 Å². The monoisotopic (exact) mass is 311 g/mol. The van der Waals surface area contributed by atoms with Crippen LogP contribution < -0.4 is 5.48 Å². The van der Waals surface area contributed by atoms with Crippen LogP contribution in [-0.4, -0.2) is 6.61 Å². The molecule has 0 radical (unpaired) electrons. The topological polar surface area (TPSA) is 21.3 Å². The van der Waals surface area contributed by atoms with Crippen LogP contribution in [0.2, 0.25) is 0 Å². The summed E-state index contributed by atoms with van der Waals surface area (Å²) in [5.74, 6) is -1.25. The van der Waals surface area contributed by atoms with Gasteiger partial charge in [0.05, 0.1) is 18.2 Å². The van der Waals surface area contributed by atoms with E-state index < -0.39 is 17.6 Å². The van der Waals surface area contributed by atoms with Crippen molar-refractivity contribution in [3.05, 3.63) is 59.4 Å². The molecule has 0 saturated carbocycles. The van der Waals surface area contributed by atoms with Crippen LogP contribution in [0.25, 0.3) is 11.1 Å². The minimum atomic E-state index is -4.71. The Morgan fingerprint density at radius 1 is 1.09 bits per heavy atom. The summed E-state index contributed by atoms with van der Waals surface area (Å²) in [6.07, 6.45) is -3.95. The molecule has 1 fully saturated rings. The van der Waals surface area contributed by atoms with Gasteiger partial charge < -0.3 is 4.84 Å². The van der Waals surface area contributed by atoms with Crippen LogP contribution >= 0.6 is 0 Å². The molecule has 0 aromatic heterocycles. The number of benzene rings is 2. The fourth-order valence-corrected chi connectivity index (χ4v) is 2.53. The molecule has 116 valence electrons. The van der Waals surface area contributed by atoms with Gasteiger partial charge in [-0.1, -0.05) is 30.3 Å². The minimum absolute atomic E-state index is 0.0335. The predicted molar refractivity (Wildman–Crippen MR) is 73.3 cm³/mol. The van der Waals surface area contributed by atoms with Crippen molar-refractivity contribution in [1.82, 2.24) is 5.48 Å². The number of alkyl halides is 3. The molecule has 3 rings (SSSR count). The Balaban J connectivity index is 2.03. The van der Waals surface area contributed by atoms with Crippen LogP contribution in [0, 0.1) is 5.82 Å². The molecule has 0 bridgehead atoms. The van der Waals surface area contributed by atoms with Crippen LogP contribution in [0.3, 0.4) is 0 Å². The molecule has 1 heterocycles. The second kappa shape index (κ2) is 5.70. The zero-order chi connectivity index (χ0) is 15.7. The maximum atomic E-state index is 14.2. The van der Waals surface area contributed by atoms with Crippen molar-refractivity contribution in [3.8, 4) is 11.1 Å². The molecule has 1 atom stereocenters. The standard InChI is InChI=1S/C16H13F4NO/c17-15-12(5-2-6-13(15)16(18,19)20)10-3-1-4-11(9-10)14-7-8-22-21-14/h1-6,9,14,21H,7-8H2/t14-/m1/s1. The maximum absolute atomic E-state index is 14.2. The molecular formula is C16H13F4NO. The molecule has 22 heavy (non-hydrogen) atoms. The van der Waals surface area contributed by atoms with Crippen LogP contribution in [0.4, 0.5) is 17.6 Å². The van der Waals surface area contributed by atoms with Crippen LogP contribution in [0.15, 0.2) is 42.5 Å². The second-order valence-electron chi connectivity index (χ2n) is 5.10. The van der Waals surface area contributed by atoms with Gasteiger partial charge in [0.1, 0.15) is 5.82 Å². The molecule has 2 aromatic carbocycles. The fourth-order valence-electron chi connectivity index (χ4n) is 2.53. The molecule has 0 spiro atoms. The average molecular weight is 311 g/mol. The smallest absolute Gasteiger partial charge is 0.301 e. The highest BCUT2D eigenvalue weighted by atomic mass is 19.4. The van der Waals surface area contributed by atoms with Gasteiger partial charge in [0.25, 0.3) is 0 Å². The highest BCUT2D eigenvalue weighted by Gasteiger charge is 2.35. The first-order chi connectivity index (χ1) is 10.5. The number of hydrogen-bond acceptors (Lipinski definition) is 2. The molecule has 1 aliphatic heterocycles. The number of hydroxylamine groups is 1. The molecule has 0 aliphatic carbocycles. The summed E-state index contributed by atoms with van der Waals surface area (Å²) in [6.45, 7) is 0.562. The molecule has 0 unspecified atom stereocenters. The first kappa shape index (κ1) is 15.0. The fraction of sp³-hybridized carbons (Fsp3) is 0.250. The lowest BCUT2D eigenvalue weighted by Gasteiger charge is -2.13. The van der Waals surface area contributed by atoms with Crippen molar-refractivity contribution < 1.29 is 22.4 Å². The van der Waals surface area contributed by atoms with E-state index >= 15 is 0 Å². The summed E-state index contributed by atoms with van der Waals surface area (Å²) < 4.78 is 52.6. The molecule has 2 nitrogen and oxygen atoms in total. The van der Waals surface area contributed by atoms with Crippen molar-refractivity contribution >= 4 is 0 Å². The third kappa shape index (κ3) is 2.84. The molecule has 2 aromatic rings. The van der Waals surface area contributed by atoms with Crippen LogP contribution in [0.5, 0.6) is 0 Å². The van der Waals surface area contributed by atoms with E-state index in [2.05, 4.69) is 5.48 Å². The average Bonchev–Trinajstić information content (AvgIpc) is 3.00. The van der Waals surface area contributed by atoms with E-state index in [1.807, 2.05) is 6.07 Å². The Kier molecular flexibility index (Phi) is 3.88. The number of hydrogen-bond donors (Lipinski definition) is 1. The highest BCUT2D eigenvalue weighted by molar-refractivity contribution is 5.66. The summed E-state index contributed by atoms with van der Waals surface area (Å²) in [7, 11) is 0. The van der Waals surface area contributed by atoms with E-state index in [0.29, 0.717) is 12.2 Å². The number of halogens is 4. The maximum Gasteiger partial charge on any atom is 0.419 e. The Morgan fingerprint density at radius 3 is 2.55 bits per heavy atom. The highest BCUT2D eigenvalue weighted by Crippen LogP contribution is 2.36. The first-order valence-corrected chi connectivity index (χ1v) is 6.80. The van der Waals surface area contributed by atoms with E-state index in [1.54, 1.807) is 18.2 Å². The summed E-state index contributed by atoms with van der Waals surface area (Å²) >= 11 is 0. The number of nitrogens with one attached hydrogen (secondary N) is 1. The lowest BCUT2D eigenvalue weighted by atomic mass is 9.97. The lowest BCUT2D eigenvalue weighted by molar-refractivity contribution is -0.139. The van der Waals surface area contributed by atoms with Crippen molar-refractivity contribution in [2.75, 3.05) is 6.61 Å². The normalized spacial score (nSPS) is 18.6. The van der Waals surface area contributed by atoms with Crippen LogP contribution in [-0.2, 0) is 11.0 Å². The van der Waals surface area contributed by atoms with E-state index in [-0.39, 0.29) is 11.6 Å². The molecule has 0 amide bonds. The molecule has 1 saturated heterocycles. The second-order valence-corrected chi connectivity index (χ2v) is 5.10. The van der Waals surface area contributed by atoms with Gasteiger partial charge in [-0.15, -0.1) is 0 Å². The van der Waals surface area contributed by atoms with Gasteiger partial charge in [-0.2, -0.15) is 18.7 Å². The van der Waals surface area contributed by atoms with Crippen molar-refractivity contribution in [2.24, 2.45) is 0 Å². The Labute approximate surface area is 124 Å². The Hall–Kier alpha value is -1.92. The summed E-state index contributed by atoms with van der Waals surface area (Å²) in [5.41, 5.74) is 2.78. The van der Waals surface area contributed by atoms with Crippen molar-refractivity contribution in [1.29, 1.82) is 0 Å². The minimum Gasteiger partial charge on any atom is -0.301 e. The van der Waals surface area contributed by atoms with E-state index in [0.717, 1.165) is 18.1 Å². The SMILES string of the molecule is Fc1c(-c2cccc([C@H]3CCON3)c2)cccc1C(F)(F)F. The van der Waals surface area contributed by atoms with Crippen LogP contribution in [0.1, 0.15) is 23.6 Å². The molecule has 6 heteroatoms. The van der Waals surface area contributed by atoms with E-state index in [9.17, 15) is 17.6 Å². The molecule has 1 N–H and O–H groups in total. The number of rotatable bonds is 2. The Morgan fingerprint density at radius 2 is 1.86 bits per heavy atom. The van der Waals surface area contributed by atoms with Gasteiger partial charge in [0, 0.05) is 5.56 Å². The van der Waals surface area contributed by atoms with Gasteiger partial charge in [0.15, 0.2) is 0 Å². The third-order valence-electron chi connectivity index (χ3n) is 3.64. The van der Waals surface area contributed by atoms with E-state index in [4.69, 9.17) is 4.84 Å². The van der Waals surface area contributed by atoms with E-state index in [1.165, 1.54) is 12.1 Å². The summed E-state index contributed by atoms with van der Waals surface area (Å²) in [6, 6.07) is 10.1. The summed E-state index contributed by atoms with van der Waals surface area (Å²) in [4.78, 5) is 5.07. The van der Waals surface area contributed by atoms with Gasteiger partial charge in [0.2, 0.25) is 0 Å². The summed E-state index contributed by atoms with van der Waals surface area (Å²) in [5, 5.41) is 0. The zero-order valence-corrected chi connectivity index (χ0v) is 11.5. The largest absolute Gasteiger partial charge is 0.419 e. The predicted octanol–water partition coefficient (Wildman–Crippen LogP) is 4.48. The lowest BCUT2D eigenvalue weighted by Crippen LogP contribution is -2.11. The molecule has 1 aliphatic rings. The first-order valence-electron chi connectivity index (χ1n) is 6.80. The molecular weight excluding hydrogens is 298 g/mol. The third-order valence-corrected chi connectivity index (χ3v) is 3.64. The van der Waals surface area contributed by atoms with Gasteiger partial charge in [-0.3, -0.25) is 0 Å². The Bertz CT molecular complexity index is 678. The van der Waals surface area contributed by atoms with Crippen molar-refractivity contribution in [2.45, 2.75) is 18.6 Å². The van der Waals surface area contributed by atoms with Gasteiger partial charge >= 0.3 is 6.18 Å². The van der Waals surface area contributed by atoms with Crippen molar-refractivity contribution in [3.63, 3.8) is 0 Å². The zero-order valence-electron chi connectivity index (χ0n) is 11.5.